The van der Waals surface area contributed by atoms with Gasteiger partial charge in [0, 0.05) is 30.9 Å². The molecule has 1 amide bonds. The van der Waals surface area contributed by atoms with Crippen LogP contribution >= 0.6 is 0 Å². The minimum absolute atomic E-state index is 0.00951. The molecule has 1 heterocycles. The van der Waals surface area contributed by atoms with Crippen LogP contribution in [-0.2, 0) is 16.6 Å². The topological polar surface area (TPSA) is 92.5 Å². The van der Waals surface area contributed by atoms with Crippen LogP contribution in [0.2, 0.25) is 0 Å². The molecular weight excluding hydrogens is 457 g/mol. The Morgan fingerprint density at radius 3 is 2.41 bits per heavy atom. The summed E-state index contributed by atoms with van der Waals surface area (Å²) in [6, 6.07) is 21.1. The minimum Gasteiger partial charge on any atom is -0.355 e. The summed E-state index contributed by atoms with van der Waals surface area (Å²) in [4.78, 5) is 12.6. The van der Waals surface area contributed by atoms with E-state index in [1.54, 1.807) is 19.1 Å². The van der Waals surface area contributed by atoms with Crippen LogP contribution in [-0.4, -0.2) is 30.8 Å². The fourth-order valence-corrected chi connectivity index (χ4v) is 4.43. The first-order chi connectivity index (χ1) is 16.2. The van der Waals surface area contributed by atoms with Gasteiger partial charge in [0.1, 0.15) is 5.82 Å². The molecule has 0 bridgehead atoms. The van der Waals surface area contributed by atoms with E-state index in [1.165, 1.54) is 47.8 Å². The highest BCUT2D eigenvalue weighted by Gasteiger charge is 2.21. The van der Waals surface area contributed by atoms with Gasteiger partial charge in [-0.2, -0.15) is 4.31 Å². The number of amides is 1. The number of nitrogens with one attached hydrogen (secondary N) is 1. The Labute approximate surface area is 196 Å². The van der Waals surface area contributed by atoms with E-state index in [1.807, 2.05) is 30.3 Å². The molecule has 0 saturated heterocycles. The van der Waals surface area contributed by atoms with E-state index in [4.69, 9.17) is 4.52 Å². The fraction of sp³-hybridized carbons (Fsp3) is 0.120. The summed E-state index contributed by atoms with van der Waals surface area (Å²) in [5.74, 6) is -0.671. The molecule has 4 aromatic rings. The normalized spacial score (nSPS) is 11.5. The van der Waals surface area contributed by atoms with E-state index in [0.29, 0.717) is 16.8 Å². The summed E-state index contributed by atoms with van der Waals surface area (Å²) < 4.78 is 46.0. The van der Waals surface area contributed by atoms with Crippen molar-refractivity contribution in [3.05, 3.63) is 102 Å². The molecule has 7 nitrogen and oxygen atoms in total. The SMILES string of the molecule is Cc1ccc(-c2cc(C(=O)Nc3ccc(S(=O)(=O)N(C)Cc4ccccc4)cc3)no2)cc1F. The maximum absolute atomic E-state index is 13.8. The fourth-order valence-electron chi connectivity index (χ4n) is 3.28. The molecule has 34 heavy (non-hydrogen) atoms. The van der Waals surface area contributed by atoms with Gasteiger partial charge < -0.3 is 9.84 Å². The summed E-state index contributed by atoms with van der Waals surface area (Å²) in [7, 11) is -2.19. The second-order valence-electron chi connectivity index (χ2n) is 7.77. The maximum atomic E-state index is 13.8. The first-order valence-corrected chi connectivity index (χ1v) is 11.8. The van der Waals surface area contributed by atoms with Crippen molar-refractivity contribution in [1.29, 1.82) is 0 Å². The molecule has 1 N–H and O–H groups in total. The number of sulfonamides is 1. The third kappa shape index (κ3) is 5.05. The van der Waals surface area contributed by atoms with Crippen LogP contribution in [0.1, 0.15) is 21.6 Å². The number of nitrogens with zero attached hydrogens (tertiary/aromatic N) is 2. The van der Waals surface area contributed by atoms with Gasteiger partial charge in [-0.3, -0.25) is 4.79 Å². The lowest BCUT2D eigenvalue weighted by molar-refractivity contribution is 0.101. The highest BCUT2D eigenvalue weighted by Crippen LogP contribution is 2.24. The Morgan fingerprint density at radius 2 is 1.74 bits per heavy atom. The zero-order valence-electron chi connectivity index (χ0n) is 18.5. The first kappa shape index (κ1) is 23.3. The zero-order valence-corrected chi connectivity index (χ0v) is 19.3. The summed E-state index contributed by atoms with van der Waals surface area (Å²) in [5.41, 5.74) is 2.23. The van der Waals surface area contributed by atoms with Crippen LogP contribution in [0.15, 0.2) is 88.3 Å². The van der Waals surface area contributed by atoms with Gasteiger partial charge in [0.2, 0.25) is 10.0 Å². The van der Waals surface area contributed by atoms with Crippen molar-refractivity contribution in [1.82, 2.24) is 9.46 Å². The Hall–Kier alpha value is -3.82. The summed E-state index contributed by atoms with van der Waals surface area (Å²) in [5, 5.41) is 6.40. The Bertz CT molecular complexity index is 1420. The molecule has 0 aliphatic rings. The number of benzene rings is 3. The van der Waals surface area contributed by atoms with Crippen LogP contribution in [0.4, 0.5) is 10.1 Å². The molecule has 0 atom stereocenters. The molecule has 0 radical (unpaired) electrons. The van der Waals surface area contributed by atoms with Gasteiger partial charge in [-0.1, -0.05) is 47.6 Å². The quantitative estimate of drug-likeness (QED) is 0.409. The predicted molar refractivity (Wildman–Crippen MR) is 126 cm³/mol. The van der Waals surface area contributed by atoms with Gasteiger partial charge in [-0.15, -0.1) is 0 Å². The molecular formula is C25H22FN3O4S. The average molecular weight is 480 g/mol. The van der Waals surface area contributed by atoms with Crippen LogP contribution < -0.4 is 5.32 Å². The summed E-state index contributed by atoms with van der Waals surface area (Å²) >= 11 is 0. The standard InChI is InChI=1S/C25H22FN3O4S/c1-17-8-9-19(14-22(17)26)24-15-23(28-33-24)25(30)27-20-10-12-21(13-11-20)34(31,32)29(2)16-18-6-4-3-5-7-18/h3-15H,16H2,1-2H3,(H,27,30). The van der Waals surface area contributed by atoms with Crippen molar-refractivity contribution in [2.45, 2.75) is 18.4 Å². The van der Waals surface area contributed by atoms with Crippen molar-refractivity contribution < 1.29 is 22.1 Å². The number of aryl methyl sites for hydroxylation is 1. The minimum atomic E-state index is -3.71. The van der Waals surface area contributed by atoms with Crippen molar-refractivity contribution in [2.75, 3.05) is 12.4 Å². The summed E-state index contributed by atoms with van der Waals surface area (Å²) in [6.07, 6.45) is 0. The lowest BCUT2D eigenvalue weighted by atomic mass is 10.1. The third-order valence-electron chi connectivity index (χ3n) is 5.27. The molecule has 3 aromatic carbocycles. The van der Waals surface area contributed by atoms with Crippen LogP contribution in [0, 0.1) is 12.7 Å². The number of hydrogen-bond acceptors (Lipinski definition) is 5. The Kier molecular flexibility index (Phi) is 6.58. The molecule has 174 valence electrons. The first-order valence-electron chi connectivity index (χ1n) is 10.4. The predicted octanol–water partition coefficient (Wildman–Crippen LogP) is 4.86. The smallest absolute Gasteiger partial charge is 0.277 e. The molecule has 0 aliphatic carbocycles. The van der Waals surface area contributed by atoms with E-state index in [0.717, 1.165) is 5.56 Å². The number of carbonyl (C=O) groups excluding carboxylic acids is 1. The van der Waals surface area contributed by atoms with Crippen LogP contribution in [0.5, 0.6) is 0 Å². The van der Waals surface area contributed by atoms with Gasteiger partial charge in [-0.05, 0) is 48.4 Å². The molecule has 0 saturated carbocycles. The van der Waals surface area contributed by atoms with Crippen molar-refractivity contribution >= 4 is 21.6 Å². The lowest BCUT2D eigenvalue weighted by Gasteiger charge is -2.17. The molecule has 0 fully saturated rings. The van der Waals surface area contributed by atoms with E-state index in [9.17, 15) is 17.6 Å². The average Bonchev–Trinajstić information content (AvgIpc) is 3.32. The second kappa shape index (κ2) is 9.58. The highest BCUT2D eigenvalue weighted by atomic mass is 32.2. The number of rotatable bonds is 7. The largest absolute Gasteiger partial charge is 0.355 e. The summed E-state index contributed by atoms with van der Waals surface area (Å²) in [6.45, 7) is 1.89. The van der Waals surface area contributed by atoms with Gasteiger partial charge in [-0.25, -0.2) is 12.8 Å². The highest BCUT2D eigenvalue weighted by molar-refractivity contribution is 7.89. The number of aromatic nitrogens is 1. The number of halogens is 1. The monoisotopic (exact) mass is 479 g/mol. The molecule has 0 spiro atoms. The Balaban J connectivity index is 1.44. The van der Waals surface area contributed by atoms with E-state index in [-0.39, 0.29) is 28.7 Å². The molecule has 0 unspecified atom stereocenters. The second-order valence-corrected chi connectivity index (χ2v) is 9.81. The number of hydrogen-bond donors (Lipinski definition) is 1. The number of anilines is 1. The van der Waals surface area contributed by atoms with Crippen LogP contribution in [0.3, 0.4) is 0 Å². The maximum Gasteiger partial charge on any atom is 0.277 e. The van der Waals surface area contributed by atoms with Gasteiger partial charge in [0.25, 0.3) is 5.91 Å². The molecule has 0 aliphatic heterocycles. The van der Waals surface area contributed by atoms with Crippen molar-refractivity contribution in [3.8, 4) is 11.3 Å². The van der Waals surface area contributed by atoms with Crippen LogP contribution in [0.25, 0.3) is 11.3 Å². The molecule has 1 aromatic heterocycles. The number of carbonyl (C=O) groups is 1. The van der Waals surface area contributed by atoms with E-state index < -0.39 is 15.9 Å². The Morgan fingerprint density at radius 1 is 1.03 bits per heavy atom. The van der Waals surface area contributed by atoms with Gasteiger partial charge in [0.05, 0.1) is 4.90 Å². The van der Waals surface area contributed by atoms with Gasteiger partial charge >= 0.3 is 0 Å². The molecule has 4 rings (SSSR count). The van der Waals surface area contributed by atoms with E-state index >= 15 is 0 Å². The van der Waals surface area contributed by atoms with E-state index in [2.05, 4.69) is 10.5 Å². The zero-order chi connectivity index (χ0) is 24.3. The third-order valence-corrected chi connectivity index (χ3v) is 7.09. The van der Waals surface area contributed by atoms with Crippen molar-refractivity contribution in [2.24, 2.45) is 0 Å². The van der Waals surface area contributed by atoms with Crippen molar-refractivity contribution in [3.63, 3.8) is 0 Å². The molecule has 9 heteroatoms. The van der Waals surface area contributed by atoms with Gasteiger partial charge in [0.15, 0.2) is 11.5 Å². The lowest BCUT2D eigenvalue weighted by Crippen LogP contribution is -2.26.